The van der Waals surface area contributed by atoms with Crippen molar-refractivity contribution in [2.45, 2.75) is 27.2 Å². The number of ketones is 1. The van der Waals surface area contributed by atoms with Crippen LogP contribution in [0.15, 0.2) is 30.3 Å². The number of benzene rings is 1. The standard InChI is InChI=1S/C8H10.C3H6O/c1-2-8-6-4-3-5-7-8;1-3(2)4/h3-7H,2H2,1H3;1-2H3. The second-order valence-electron chi connectivity index (χ2n) is 2.75. The van der Waals surface area contributed by atoms with E-state index in [1.807, 2.05) is 6.07 Å². The number of aryl methyl sites for hydroxylation is 1. The van der Waals surface area contributed by atoms with E-state index in [0.29, 0.717) is 0 Å². The van der Waals surface area contributed by atoms with Crippen molar-refractivity contribution in [1.29, 1.82) is 0 Å². The fraction of sp³-hybridized carbons (Fsp3) is 0.364. The topological polar surface area (TPSA) is 17.1 Å². The predicted octanol–water partition coefficient (Wildman–Crippen LogP) is 2.84. The molecule has 0 aliphatic rings. The van der Waals surface area contributed by atoms with Gasteiger partial charge in [-0.25, -0.2) is 0 Å². The van der Waals surface area contributed by atoms with Crippen molar-refractivity contribution in [3.05, 3.63) is 35.9 Å². The summed E-state index contributed by atoms with van der Waals surface area (Å²) in [5, 5.41) is 0. The zero-order valence-electron chi connectivity index (χ0n) is 8.00. The van der Waals surface area contributed by atoms with Crippen LogP contribution in [0.3, 0.4) is 0 Å². The minimum atomic E-state index is 0.167. The van der Waals surface area contributed by atoms with E-state index < -0.39 is 0 Å². The van der Waals surface area contributed by atoms with Crippen LogP contribution in [0, 0.1) is 0 Å². The summed E-state index contributed by atoms with van der Waals surface area (Å²) in [4.78, 5) is 9.44. The number of rotatable bonds is 1. The monoisotopic (exact) mass is 164 g/mol. The highest BCUT2D eigenvalue weighted by Gasteiger charge is 1.79. The van der Waals surface area contributed by atoms with Gasteiger partial charge < -0.3 is 4.79 Å². The number of carbonyl (C=O) groups is 1. The van der Waals surface area contributed by atoms with Gasteiger partial charge in [-0.05, 0) is 25.8 Å². The van der Waals surface area contributed by atoms with Crippen LogP contribution in [0.5, 0.6) is 0 Å². The second-order valence-corrected chi connectivity index (χ2v) is 2.75. The van der Waals surface area contributed by atoms with E-state index in [1.165, 1.54) is 19.4 Å². The molecule has 0 aromatic heterocycles. The van der Waals surface area contributed by atoms with E-state index in [4.69, 9.17) is 0 Å². The molecule has 0 aliphatic carbocycles. The summed E-state index contributed by atoms with van der Waals surface area (Å²) in [6, 6.07) is 10.5. The van der Waals surface area contributed by atoms with Crippen LogP contribution in [-0.2, 0) is 11.2 Å². The quantitative estimate of drug-likeness (QED) is 0.623. The molecule has 0 atom stereocenters. The zero-order valence-corrected chi connectivity index (χ0v) is 8.00. The Labute approximate surface area is 74.4 Å². The van der Waals surface area contributed by atoms with E-state index in [-0.39, 0.29) is 5.78 Å². The Morgan fingerprint density at radius 3 is 1.83 bits per heavy atom. The average Bonchev–Trinajstić information content (AvgIpc) is 2.05. The fourth-order valence-electron chi connectivity index (χ4n) is 0.714. The summed E-state index contributed by atoms with van der Waals surface area (Å²) < 4.78 is 0. The first-order valence-electron chi connectivity index (χ1n) is 4.18. The van der Waals surface area contributed by atoms with Crippen LogP contribution in [0.4, 0.5) is 0 Å². The molecule has 1 nitrogen and oxygen atoms in total. The molecule has 66 valence electrons. The molecule has 1 aromatic carbocycles. The SMILES string of the molecule is CC(C)=O.CCc1ccccc1. The average molecular weight is 164 g/mol. The second kappa shape index (κ2) is 6.59. The van der Waals surface area contributed by atoms with Gasteiger partial charge in [0.15, 0.2) is 0 Å². The van der Waals surface area contributed by atoms with Crippen molar-refractivity contribution in [2.75, 3.05) is 0 Å². The fourth-order valence-corrected chi connectivity index (χ4v) is 0.714. The molecular weight excluding hydrogens is 148 g/mol. The largest absolute Gasteiger partial charge is 0.300 e. The van der Waals surface area contributed by atoms with Gasteiger partial charge in [0.1, 0.15) is 5.78 Å². The highest BCUT2D eigenvalue weighted by molar-refractivity contribution is 5.72. The predicted molar refractivity (Wildman–Crippen MR) is 52.2 cm³/mol. The maximum atomic E-state index is 9.44. The Hall–Kier alpha value is -1.11. The van der Waals surface area contributed by atoms with E-state index in [2.05, 4.69) is 31.2 Å². The van der Waals surface area contributed by atoms with Gasteiger partial charge in [0.05, 0.1) is 0 Å². The number of carbonyl (C=O) groups excluding carboxylic acids is 1. The van der Waals surface area contributed by atoms with Crippen LogP contribution >= 0.6 is 0 Å². The van der Waals surface area contributed by atoms with Crippen molar-refractivity contribution in [2.24, 2.45) is 0 Å². The summed E-state index contributed by atoms with van der Waals surface area (Å²) in [6.07, 6.45) is 1.14. The van der Waals surface area contributed by atoms with Crippen LogP contribution in [0.2, 0.25) is 0 Å². The molecule has 0 aliphatic heterocycles. The Bertz CT molecular complexity index is 210. The summed E-state index contributed by atoms with van der Waals surface area (Å²) in [5.41, 5.74) is 1.41. The Morgan fingerprint density at radius 1 is 1.17 bits per heavy atom. The Balaban J connectivity index is 0.000000261. The van der Waals surface area contributed by atoms with Crippen molar-refractivity contribution in [1.82, 2.24) is 0 Å². The molecule has 1 heteroatoms. The first-order valence-corrected chi connectivity index (χ1v) is 4.18. The maximum absolute atomic E-state index is 9.44. The Kier molecular flexibility index (Phi) is 5.98. The van der Waals surface area contributed by atoms with Crippen molar-refractivity contribution in [3.8, 4) is 0 Å². The van der Waals surface area contributed by atoms with Crippen LogP contribution < -0.4 is 0 Å². The molecular formula is C11H16O. The smallest absolute Gasteiger partial charge is 0.126 e. The van der Waals surface area contributed by atoms with Crippen molar-refractivity contribution in [3.63, 3.8) is 0 Å². The molecule has 0 fully saturated rings. The van der Waals surface area contributed by atoms with E-state index in [0.717, 1.165) is 6.42 Å². The molecule has 0 spiro atoms. The lowest BCUT2D eigenvalue weighted by atomic mass is 10.2. The lowest BCUT2D eigenvalue weighted by molar-refractivity contribution is -0.114. The number of Topliss-reactive ketones (excluding diaryl/α,β-unsaturated/α-hetero) is 1. The van der Waals surface area contributed by atoms with Gasteiger partial charge in [0.2, 0.25) is 0 Å². The normalized spacial score (nSPS) is 8.25. The van der Waals surface area contributed by atoms with Crippen LogP contribution in [0.25, 0.3) is 0 Å². The minimum Gasteiger partial charge on any atom is -0.300 e. The molecule has 0 N–H and O–H groups in total. The summed E-state index contributed by atoms with van der Waals surface area (Å²) in [5.74, 6) is 0.167. The van der Waals surface area contributed by atoms with Gasteiger partial charge in [-0.3, -0.25) is 0 Å². The molecule has 0 unspecified atom stereocenters. The molecule has 0 saturated carbocycles. The highest BCUT2D eigenvalue weighted by atomic mass is 16.1. The minimum absolute atomic E-state index is 0.167. The molecule has 1 rings (SSSR count). The van der Waals surface area contributed by atoms with Gasteiger partial charge in [-0.15, -0.1) is 0 Å². The van der Waals surface area contributed by atoms with Crippen molar-refractivity contribution >= 4 is 5.78 Å². The lowest BCUT2D eigenvalue weighted by Gasteiger charge is -1.89. The van der Waals surface area contributed by atoms with Gasteiger partial charge in [0, 0.05) is 0 Å². The zero-order chi connectivity index (χ0) is 9.40. The van der Waals surface area contributed by atoms with E-state index >= 15 is 0 Å². The van der Waals surface area contributed by atoms with Gasteiger partial charge in [0.25, 0.3) is 0 Å². The number of hydrogen-bond acceptors (Lipinski definition) is 1. The first kappa shape index (κ1) is 10.9. The molecule has 0 amide bonds. The third-order valence-corrected chi connectivity index (χ3v) is 1.25. The molecule has 1 aromatic rings. The number of hydrogen-bond donors (Lipinski definition) is 0. The molecule has 12 heavy (non-hydrogen) atoms. The molecule has 0 saturated heterocycles. The van der Waals surface area contributed by atoms with Crippen LogP contribution in [-0.4, -0.2) is 5.78 Å². The van der Waals surface area contributed by atoms with Crippen LogP contribution in [0.1, 0.15) is 26.3 Å². The van der Waals surface area contributed by atoms with Gasteiger partial charge in [-0.2, -0.15) is 0 Å². The Morgan fingerprint density at radius 2 is 1.58 bits per heavy atom. The van der Waals surface area contributed by atoms with Gasteiger partial charge >= 0.3 is 0 Å². The third kappa shape index (κ3) is 7.00. The lowest BCUT2D eigenvalue weighted by Crippen LogP contribution is -1.73. The highest BCUT2D eigenvalue weighted by Crippen LogP contribution is 1.96. The molecule has 0 bridgehead atoms. The molecule has 0 radical (unpaired) electrons. The summed E-state index contributed by atoms with van der Waals surface area (Å²) >= 11 is 0. The van der Waals surface area contributed by atoms with Gasteiger partial charge in [-0.1, -0.05) is 37.3 Å². The summed E-state index contributed by atoms with van der Waals surface area (Å²) in [7, 11) is 0. The van der Waals surface area contributed by atoms with E-state index in [1.54, 1.807) is 0 Å². The summed E-state index contributed by atoms with van der Waals surface area (Å²) in [6.45, 7) is 5.22. The van der Waals surface area contributed by atoms with E-state index in [9.17, 15) is 4.79 Å². The van der Waals surface area contributed by atoms with Crippen molar-refractivity contribution < 1.29 is 4.79 Å². The first-order chi connectivity index (χ1) is 5.66. The third-order valence-electron chi connectivity index (χ3n) is 1.25. The maximum Gasteiger partial charge on any atom is 0.126 e. The molecule has 0 heterocycles.